The number of rotatable bonds is 8. The molecule has 6 nitrogen and oxygen atoms in total. The zero-order valence-electron chi connectivity index (χ0n) is 18.5. The molecular formula is C25H31N3O3S. The smallest absolute Gasteiger partial charge is 0.257 e. The van der Waals surface area contributed by atoms with Crippen molar-refractivity contribution in [1.82, 2.24) is 10.6 Å². The monoisotopic (exact) mass is 453 g/mol. The second-order valence-electron chi connectivity index (χ2n) is 8.02. The van der Waals surface area contributed by atoms with Crippen LogP contribution in [0, 0.1) is 0 Å². The van der Waals surface area contributed by atoms with E-state index in [0.717, 1.165) is 44.3 Å². The number of unbranched alkanes of at least 4 members (excludes halogenated alkanes) is 1. The Kier molecular flexibility index (Phi) is 9.04. The van der Waals surface area contributed by atoms with Crippen LogP contribution in [0.15, 0.2) is 48.5 Å². The highest BCUT2D eigenvalue weighted by molar-refractivity contribution is 7.80. The number of hydrogen-bond acceptors (Lipinski definition) is 4. The van der Waals surface area contributed by atoms with E-state index in [4.69, 9.17) is 17.0 Å². The minimum absolute atomic E-state index is 0.0863. The summed E-state index contributed by atoms with van der Waals surface area (Å²) >= 11 is 5.28. The lowest BCUT2D eigenvalue weighted by Gasteiger charge is -2.22. The number of ether oxygens (including phenoxy) is 1. The van der Waals surface area contributed by atoms with Crippen molar-refractivity contribution < 1.29 is 14.3 Å². The largest absolute Gasteiger partial charge is 0.494 e. The van der Waals surface area contributed by atoms with E-state index in [0.29, 0.717) is 23.4 Å². The maximum atomic E-state index is 12.6. The number of anilines is 1. The molecule has 0 unspecified atom stereocenters. The highest BCUT2D eigenvalue weighted by Gasteiger charge is 2.17. The first kappa shape index (κ1) is 23.7. The number of nitrogens with one attached hydrogen (secondary N) is 3. The van der Waals surface area contributed by atoms with E-state index >= 15 is 0 Å². The number of benzene rings is 2. The number of carbonyl (C=O) groups excluding carboxylic acids is 2. The summed E-state index contributed by atoms with van der Waals surface area (Å²) in [6, 6.07) is 14.3. The third kappa shape index (κ3) is 7.34. The van der Waals surface area contributed by atoms with E-state index in [1.54, 1.807) is 48.5 Å². The van der Waals surface area contributed by atoms with Gasteiger partial charge < -0.3 is 15.4 Å². The molecule has 2 amide bonds. The van der Waals surface area contributed by atoms with Gasteiger partial charge in [0.05, 0.1) is 6.61 Å². The van der Waals surface area contributed by atoms with Crippen LogP contribution in [0.5, 0.6) is 5.75 Å². The first-order valence-corrected chi connectivity index (χ1v) is 11.7. The summed E-state index contributed by atoms with van der Waals surface area (Å²) in [6.45, 7) is 2.77. The Morgan fingerprint density at radius 3 is 2.47 bits per heavy atom. The third-order valence-corrected chi connectivity index (χ3v) is 5.64. The highest BCUT2D eigenvalue weighted by atomic mass is 32.1. The minimum atomic E-state index is -0.311. The van der Waals surface area contributed by atoms with Crippen LogP contribution in [0.25, 0.3) is 0 Å². The number of carbonyl (C=O) groups is 2. The summed E-state index contributed by atoms with van der Waals surface area (Å²) in [5.41, 5.74) is 1.69. The van der Waals surface area contributed by atoms with Gasteiger partial charge in [-0.3, -0.25) is 14.9 Å². The Hall–Kier alpha value is -2.93. The molecule has 2 aromatic carbocycles. The van der Waals surface area contributed by atoms with Crippen molar-refractivity contribution in [1.29, 1.82) is 0 Å². The van der Waals surface area contributed by atoms with Crippen molar-refractivity contribution >= 4 is 34.8 Å². The van der Waals surface area contributed by atoms with E-state index in [1.807, 2.05) is 0 Å². The molecule has 0 radical (unpaired) electrons. The Bertz CT molecular complexity index is 924. The second kappa shape index (κ2) is 12.2. The molecule has 1 fully saturated rings. The normalized spacial score (nSPS) is 13.8. The molecule has 1 saturated carbocycles. The lowest BCUT2D eigenvalue weighted by Crippen LogP contribution is -2.36. The molecule has 3 N–H and O–H groups in total. The molecule has 0 atom stereocenters. The van der Waals surface area contributed by atoms with E-state index in [9.17, 15) is 9.59 Å². The van der Waals surface area contributed by atoms with Gasteiger partial charge in [0, 0.05) is 22.9 Å². The van der Waals surface area contributed by atoms with Gasteiger partial charge in [0.15, 0.2) is 5.11 Å². The molecular weight excluding hydrogens is 422 g/mol. The molecule has 0 heterocycles. The summed E-state index contributed by atoms with van der Waals surface area (Å²) in [5, 5.41) is 8.93. The molecule has 3 rings (SSSR count). The van der Waals surface area contributed by atoms with Crippen LogP contribution >= 0.6 is 12.2 Å². The van der Waals surface area contributed by atoms with Crippen LogP contribution < -0.4 is 20.7 Å². The van der Waals surface area contributed by atoms with Crippen LogP contribution in [-0.4, -0.2) is 29.6 Å². The lowest BCUT2D eigenvalue weighted by molar-refractivity contribution is 0.0926. The average Bonchev–Trinajstić information content (AvgIpc) is 2.80. The average molecular weight is 454 g/mol. The van der Waals surface area contributed by atoms with E-state index in [-0.39, 0.29) is 23.0 Å². The van der Waals surface area contributed by atoms with Crippen LogP contribution in [0.3, 0.4) is 0 Å². The highest BCUT2D eigenvalue weighted by Crippen LogP contribution is 2.18. The number of hydrogen-bond donors (Lipinski definition) is 3. The zero-order chi connectivity index (χ0) is 22.8. The van der Waals surface area contributed by atoms with Crippen molar-refractivity contribution in [3.8, 4) is 5.75 Å². The van der Waals surface area contributed by atoms with Gasteiger partial charge in [0.1, 0.15) is 5.75 Å². The fourth-order valence-electron chi connectivity index (χ4n) is 3.63. The SMILES string of the molecule is CCCCOc1ccc(C(=O)NC(=S)Nc2cccc(C(=O)NC3CCCCC3)c2)cc1. The molecule has 7 heteroatoms. The fourth-order valence-corrected chi connectivity index (χ4v) is 3.84. The Morgan fingerprint density at radius 1 is 1.00 bits per heavy atom. The van der Waals surface area contributed by atoms with Gasteiger partial charge in [-0.1, -0.05) is 38.7 Å². The molecule has 0 bridgehead atoms. The molecule has 32 heavy (non-hydrogen) atoms. The molecule has 0 aliphatic heterocycles. The fraction of sp³-hybridized carbons (Fsp3) is 0.400. The quantitative estimate of drug-likeness (QED) is 0.385. The van der Waals surface area contributed by atoms with Crippen LogP contribution in [0.1, 0.15) is 72.6 Å². The van der Waals surface area contributed by atoms with Gasteiger partial charge in [-0.2, -0.15) is 0 Å². The van der Waals surface area contributed by atoms with Crippen LogP contribution in [0.2, 0.25) is 0 Å². The maximum Gasteiger partial charge on any atom is 0.257 e. The topological polar surface area (TPSA) is 79.5 Å². The van der Waals surface area contributed by atoms with E-state index < -0.39 is 0 Å². The summed E-state index contributed by atoms with van der Waals surface area (Å²) in [7, 11) is 0. The summed E-state index contributed by atoms with van der Waals surface area (Å²) in [5.74, 6) is 0.338. The molecule has 1 aliphatic rings. The molecule has 170 valence electrons. The number of thiocarbonyl (C=S) groups is 1. The van der Waals surface area contributed by atoms with Gasteiger partial charge in [-0.25, -0.2) is 0 Å². The Labute approximate surface area is 195 Å². The van der Waals surface area contributed by atoms with Crippen molar-refractivity contribution in [2.75, 3.05) is 11.9 Å². The van der Waals surface area contributed by atoms with Crippen molar-refractivity contribution in [2.45, 2.75) is 57.9 Å². The van der Waals surface area contributed by atoms with E-state index in [2.05, 4.69) is 22.9 Å². The van der Waals surface area contributed by atoms with Gasteiger partial charge in [0.25, 0.3) is 11.8 Å². The van der Waals surface area contributed by atoms with Gasteiger partial charge >= 0.3 is 0 Å². The van der Waals surface area contributed by atoms with Crippen molar-refractivity contribution in [3.63, 3.8) is 0 Å². The maximum absolute atomic E-state index is 12.6. The second-order valence-corrected chi connectivity index (χ2v) is 8.43. The Morgan fingerprint density at radius 2 is 1.75 bits per heavy atom. The lowest BCUT2D eigenvalue weighted by atomic mass is 9.95. The molecule has 2 aromatic rings. The first-order chi connectivity index (χ1) is 15.5. The van der Waals surface area contributed by atoms with Gasteiger partial charge in [-0.15, -0.1) is 0 Å². The number of amides is 2. The van der Waals surface area contributed by atoms with Gasteiger partial charge in [-0.05, 0) is 73.9 Å². The minimum Gasteiger partial charge on any atom is -0.494 e. The zero-order valence-corrected chi connectivity index (χ0v) is 19.3. The third-order valence-electron chi connectivity index (χ3n) is 5.43. The van der Waals surface area contributed by atoms with Crippen molar-refractivity contribution in [3.05, 3.63) is 59.7 Å². The predicted molar refractivity (Wildman–Crippen MR) is 131 cm³/mol. The van der Waals surface area contributed by atoms with Gasteiger partial charge in [0.2, 0.25) is 0 Å². The summed E-state index contributed by atoms with van der Waals surface area (Å²) in [4.78, 5) is 25.0. The first-order valence-electron chi connectivity index (χ1n) is 11.3. The van der Waals surface area contributed by atoms with E-state index in [1.165, 1.54) is 6.42 Å². The standard InChI is InChI=1S/C25H31N3O3S/c1-2-3-16-31-22-14-12-18(13-15-22)23(29)28-25(32)27-21-11-7-8-19(17-21)24(30)26-20-9-5-4-6-10-20/h7-8,11-15,17,20H,2-6,9-10,16H2,1H3,(H,26,30)(H2,27,28,29,32). The van der Waals surface area contributed by atoms with Crippen LogP contribution in [-0.2, 0) is 0 Å². The van der Waals surface area contributed by atoms with Crippen LogP contribution in [0.4, 0.5) is 5.69 Å². The molecule has 0 aromatic heterocycles. The molecule has 0 spiro atoms. The summed E-state index contributed by atoms with van der Waals surface area (Å²) < 4.78 is 5.62. The summed E-state index contributed by atoms with van der Waals surface area (Å²) in [6.07, 6.45) is 7.69. The predicted octanol–water partition coefficient (Wildman–Crippen LogP) is 5.05. The van der Waals surface area contributed by atoms with Crippen molar-refractivity contribution in [2.24, 2.45) is 0 Å². The molecule has 0 saturated heterocycles. The Balaban J connectivity index is 1.51. The molecule has 1 aliphatic carbocycles.